The molecule has 12 heteroatoms. The number of halogens is 2. The predicted octanol–water partition coefficient (Wildman–Crippen LogP) is 7.18. The van der Waals surface area contributed by atoms with Crippen LogP contribution in [0.2, 0.25) is 0 Å². The molecule has 0 amide bonds. The molecule has 1 aromatic rings. The molecule has 1 aromatic carbocycles. The van der Waals surface area contributed by atoms with Gasteiger partial charge in [0, 0.05) is 6.42 Å². The maximum atomic E-state index is 15.0. The fourth-order valence-electron chi connectivity index (χ4n) is 6.61. The van der Waals surface area contributed by atoms with Gasteiger partial charge in [-0.15, -0.1) is 0 Å². The molecule has 0 saturated heterocycles. The predicted molar refractivity (Wildman–Crippen MR) is 149 cm³/mol. The van der Waals surface area contributed by atoms with Crippen LogP contribution in [0.4, 0.5) is 8.78 Å². The highest BCUT2D eigenvalue weighted by atomic mass is 31.2. The van der Waals surface area contributed by atoms with Crippen molar-refractivity contribution in [3.63, 3.8) is 0 Å². The lowest BCUT2D eigenvalue weighted by Gasteiger charge is -2.38. The topological polar surface area (TPSA) is 145 Å². The van der Waals surface area contributed by atoms with E-state index in [2.05, 4.69) is 6.92 Å². The van der Waals surface area contributed by atoms with Crippen LogP contribution in [0.25, 0.3) is 0 Å². The second kappa shape index (κ2) is 14.5. The minimum atomic E-state index is -5.53. The van der Waals surface area contributed by atoms with Gasteiger partial charge in [-0.1, -0.05) is 51.5 Å². The molecule has 2 aliphatic carbocycles. The van der Waals surface area contributed by atoms with Crippen molar-refractivity contribution >= 4 is 15.2 Å². The van der Waals surface area contributed by atoms with Crippen LogP contribution in [0, 0.1) is 29.4 Å². The summed E-state index contributed by atoms with van der Waals surface area (Å²) in [5.74, 6) is -0.0696. The van der Waals surface area contributed by atoms with E-state index in [1.807, 2.05) is 0 Å². The molecule has 0 radical (unpaired) electrons. The third-order valence-electron chi connectivity index (χ3n) is 9.16. The molecule has 5 N–H and O–H groups in total. The minimum absolute atomic E-state index is 0.00418. The standard InChI is InChI=1S/C28H46F2O8P2/c1-2-3-4-7-20-8-10-21(11-9-20)22-12-14-23(15-13-22)24-16-17-25(27(30)26(24)29)38-19-6-5-18-28(31,39(32,33)34)40(35,36)37/h16-17,20-23,31H,2-15,18-19H2,1H3,(H2,32,33,34)(H2,35,36,37). The lowest BCUT2D eigenvalue weighted by molar-refractivity contribution is 0.119. The first-order chi connectivity index (χ1) is 18.8. The zero-order valence-electron chi connectivity index (χ0n) is 23.4. The Morgan fingerprint density at radius 2 is 1.40 bits per heavy atom. The highest BCUT2D eigenvalue weighted by Crippen LogP contribution is 2.69. The molecule has 0 spiro atoms. The van der Waals surface area contributed by atoms with Crippen LogP contribution in [0.5, 0.6) is 5.75 Å². The van der Waals surface area contributed by atoms with Gasteiger partial charge in [-0.3, -0.25) is 9.13 Å². The Morgan fingerprint density at radius 3 is 1.95 bits per heavy atom. The van der Waals surface area contributed by atoms with Crippen LogP contribution < -0.4 is 4.74 Å². The van der Waals surface area contributed by atoms with E-state index < -0.39 is 38.3 Å². The van der Waals surface area contributed by atoms with E-state index in [1.165, 1.54) is 57.4 Å². The van der Waals surface area contributed by atoms with Crippen LogP contribution in [0.1, 0.15) is 115 Å². The van der Waals surface area contributed by atoms with E-state index in [1.54, 1.807) is 6.07 Å². The molecule has 0 unspecified atom stereocenters. The fraction of sp³-hybridized carbons (Fsp3) is 0.786. The number of hydrogen-bond donors (Lipinski definition) is 5. The van der Waals surface area contributed by atoms with Gasteiger partial charge in [-0.2, -0.15) is 4.39 Å². The first-order valence-corrected chi connectivity index (χ1v) is 17.9. The van der Waals surface area contributed by atoms with Gasteiger partial charge in [0.25, 0.3) is 5.08 Å². The third kappa shape index (κ3) is 8.37. The lowest BCUT2D eigenvalue weighted by atomic mass is 9.68. The van der Waals surface area contributed by atoms with Crippen molar-refractivity contribution in [1.82, 2.24) is 0 Å². The molecule has 0 aliphatic heterocycles. The summed E-state index contributed by atoms with van der Waals surface area (Å²) in [4.78, 5) is 36.7. The Bertz CT molecular complexity index is 1020. The van der Waals surface area contributed by atoms with Crippen LogP contribution in [0.3, 0.4) is 0 Å². The highest BCUT2D eigenvalue weighted by molar-refractivity contribution is 7.72. The molecule has 2 aliphatic rings. The van der Waals surface area contributed by atoms with Crippen molar-refractivity contribution in [2.24, 2.45) is 17.8 Å². The van der Waals surface area contributed by atoms with Crippen molar-refractivity contribution < 1.29 is 47.3 Å². The van der Waals surface area contributed by atoms with Crippen LogP contribution in [0.15, 0.2) is 12.1 Å². The van der Waals surface area contributed by atoms with Gasteiger partial charge in [0.15, 0.2) is 11.6 Å². The SMILES string of the molecule is CCCCCC1CCC(C2CCC(c3ccc(OCCCCC(O)(P(=O)(O)O)P(=O)(O)O)c(F)c3F)CC2)CC1. The maximum Gasteiger partial charge on any atom is 0.369 e. The summed E-state index contributed by atoms with van der Waals surface area (Å²) < 4.78 is 57.9. The van der Waals surface area contributed by atoms with Gasteiger partial charge >= 0.3 is 15.2 Å². The minimum Gasteiger partial charge on any atom is -0.490 e. The van der Waals surface area contributed by atoms with Crippen molar-refractivity contribution in [3.05, 3.63) is 29.3 Å². The molecule has 2 saturated carbocycles. The van der Waals surface area contributed by atoms with Crippen molar-refractivity contribution in [3.8, 4) is 5.75 Å². The number of rotatable bonds is 14. The second-order valence-electron chi connectivity index (χ2n) is 11.8. The van der Waals surface area contributed by atoms with E-state index in [4.69, 9.17) is 4.74 Å². The summed E-state index contributed by atoms with van der Waals surface area (Å²) in [6.07, 6.45) is 13.1. The normalized spacial score (nSPS) is 24.7. The van der Waals surface area contributed by atoms with Gasteiger partial charge in [-0.05, 0) is 86.7 Å². The van der Waals surface area contributed by atoms with E-state index >= 15 is 4.39 Å². The van der Waals surface area contributed by atoms with E-state index in [-0.39, 0.29) is 31.1 Å². The molecular weight excluding hydrogens is 564 g/mol. The first-order valence-electron chi connectivity index (χ1n) is 14.7. The Hall–Kier alpha value is -0.860. The summed E-state index contributed by atoms with van der Waals surface area (Å²) in [5.41, 5.74) is 0.358. The van der Waals surface area contributed by atoms with Crippen molar-refractivity contribution in [2.45, 2.75) is 114 Å². The second-order valence-corrected chi connectivity index (χ2v) is 15.8. The van der Waals surface area contributed by atoms with Crippen molar-refractivity contribution in [2.75, 3.05) is 6.61 Å². The van der Waals surface area contributed by atoms with Crippen LogP contribution in [-0.2, 0) is 9.13 Å². The average Bonchev–Trinajstić information content (AvgIpc) is 2.90. The summed E-state index contributed by atoms with van der Waals surface area (Å²) in [5, 5.41) is 6.40. The Balaban J connectivity index is 1.45. The monoisotopic (exact) mass is 610 g/mol. The van der Waals surface area contributed by atoms with E-state index in [0.29, 0.717) is 11.5 Å². The number of ether oxygens (including phenoxy) is 1. The van der Waals surface area contributed by atoms with Gasteiger partial charge < -0.3 is 29.4 Å². The maximum absolute atomic E-state index is 15.0. The first kappa shape index (κ1) is 33.6. The molecule has 40 heavy (non-hydrogen) atoms. The fourth-order valence-corrected chi connectivity index (χ4v) is 8.87. The molecule has 3 rings (SSSR count). The molecule has 8 nitrogen and oxygen atoms in total. The van der Waals surface area contributed by atoms with Gasteiger partial charge in [0.05, 0.1) is 6.61 Å². The average molecular weight is 611 g/mol. The number of hydrogen-bond acceptors (Lipinski definition) is 4. The zero-order valence-corrected chi connectivity index (χ0v) is 25.2. The molecule has 230 valence electrons. The molecular formula is C28H46F2O8P2. The Labute approximate surface area is 236 Å². The highest BCUT2D eigenvalue weighted by Gasteiger charge is 2.58. The zero-order chi connectivity index (χ0) is 29.6. The molecule has 0 aromatic heterocycles. The van der Waals surface area contributed by atoms with E-state index in [0.717, 1.165) is 37.5 Å². The smallest absolute Gasteiger partial charge is 0.369 e. The number of benzene rings is 1. The van der Waals surface area contributed by atoms with Crippen LogP contribution >= 0.6 is 15.2 Å². The third-order valence-corrected chi connectivity index (χ3v) is 13.0. The quantitative estimate of drug-likeness (QED) is 0.110. The summed E-state index contributed by atoms with van der Waals surface area (Å²) in [6, 6.07) is 2.93. The largest absolute Gasteiger partial charge is 0.490 e. The Kier molecular flexibility index (Phi) is 12.2. The molecule has 0 atom stereocenters. The Morgan fingerprint density at radius 1 is 0.825 bits per heavy atom. The molecule has 0 bridgehead atoms. The van der Waals surface area contributed by atoms with Gasteiger partial charge in [0.2, 0.25) is 5.82 Å². The van der Waals surface area contributed by atoms with Gasteiger partial charge in [-0.25, -0.2) is 4.39 Å². The van der Waals surface area contributed by atoms with Crippen molar-refractivity contribution in [1.29, 1.82) is 0 Å². The number of aliphatic hydroxyl groups is 1. The summed E-state index contributed by atoms with van der Waals surface area (Å²) >= 11 is 0. The number of unbranched alkanes of at least 4 members (excludes halogenated alkanes) is 3. The summed E-state index contributed by atoms with van der Waals surface area (Å²) in [7, 11) is -11.1. The lowest BCUT2D eigenvalue weighted by Crippen LogP contribution is -2.28. The van der Waals surface area contributed by atoms with Crippen LogP contribution in [-0.4, -0.2) is 36.4 Å². The molecule has 2 fully saturated rings. The summed E-state index contributed by atoms with van der Waals surface area (Å²) in [6.45, 7) is 2.04. The van der Waals surface area contributed by atoms with E-state index in [9.17, 15) is 38.2 Å². The molecule has 0 heterocycles. The van der Waals surface area contributed by atoms with Gasteiger partial charge in [0.1, 0.15) is 0 Å².